The van der Waals surface area contributed by atoms with E-state index >= 15 is 0 Å². The van der Waals surface area contributed by atoms with Gasteiger partial charge in [0.25, 0.3) is 0 Å². The lowest BCUT2D eigenvalue weighted by Gasteiger charge is -2.41. The number of hydrogen-bond acceptors (Lipinski definition) is 1. The Bertz CT molecular complexity index is 1890. The Hall–Kier alpha value is -4.62. The lowest BCUT2D eigenvalue weighted by atomic mass is 9.62. The zero-order valence-electron chi connectivity index (χ0n) is 28.0. The first-order chi connectivity index (χ1) is 23.3. The Labute approximate surface area is 282 Å². The third-order valence-electron chi connectivity index (χ3n) is 10.3. The summed E-state index contributed by atoms with van der Waals surface area (Å²) >= 11 is 0. The zero-order valence-corrected chi connectivity index (χ0v) is 28.0. The summed E-state index contributed by atoms with van der Waals surface area (Å²) in [7, 11) is 0. The maximum absolute atomic E-state index is 6.98. The molecular formula is C46H47N. The topological polar surface area (TPSA) is 26.0 Å². The molecule has 7 aliphatic rings. The third-order valence-corrected chi connectivity index (χ3v) is 10.3. The minimum Gasteiger partial charge on any atom is -0.398 e. The highest BCUT2D eigenvalue weighted by Gasteiger charge is 2.39. The van der Waals surface area contributed by atoms with Crippen LogP contribution in [0.2, 0.25) is 0 Å². The molecule has 0 bridgehead atoms. The van der Waals surface area contributed by atoms with E-state index in [0.29, 0.717) is 5.92 Å². The predicted octanol–water partition coefficient (Wildman–Crippen LogP) is 11.8. The fourth-order valence-electron chi connectivity index (χ4n) is 8.24. The molecule has 7 aliphatic carbocycles. The van der Waals surface area contributed by atoms with Crippen LogP contribution in [0.3, 0.4) is 0 Å². The molecule has 0 amide bonds. The first kappa shape index (κ1) is 31.0. The van der Waals surface area contributed by atoms with Crippen LogP contribution in [0.4, 0.5) is 0 Å². The second-order valence-corrected chi connectivity index (χ2v) is 13.0. The van der Waals surface area contributed by atoms with Gasteiger partial charge >= 0.3 is 0 Å². The van der Waals surface area contributed by atoms with Crippen LogP contribution in [0.25, 0.3) is 23.8 Å². The van der Waals surface area contributed by atoms with E-state index in [1.807, 2.05) is 13.8 Å². The van der Waals surface area contributed by atoms with Gasteiger partial charge in [0.2, 0.25) is 0 Å². The monoisotopic (exact) mass is 613 g/mol. The molecule has 236 valence electrons. The van der Waals surface area contributed by atoms with Crippen molar-refractivity contribution in [2.45, 2.75) is 65.2 Å². The molecule has 0 saturated carbocycles. The summed E-state index contributed by atoms with van der Waals surface area (Å²) < 4.78 is 0. The standard InChI is InChI=1S/C44H41N.C2H6/c45-42(27-26-30-14-3-1-4-15-30)44-39-24-11-9-22-37(39)43(38-23-10-12-25-40(38)44)33-18-13-17-31(28-33)41-29-32-16-7-8-19-34(32)35-20-5-2-6-21-36(35)41;1-2/h1,3-7,9,11,14,16-17,20-29,37,43H,2,8,10,12-13,15,18-19,45H2;1-2H3/b30-26-,42-27-;. The molecule has 2 unspecified atom stereocenters. The zero-order chi connectivity index (χ0) is 32.2. The van der Waals surface area contributed by atoms with E-state index in [2.05, 4.69) is 128 Å². The number of benzene rings is 1. The van der Waals surface area contributed by atoms with Gasteiger partial charge in [-0.25, -0.2) is 0 Å². The van der Waals surface area contributed by atoms with Crippen LogP contribution in [0.1, 0.15) is 86.6 Å². The second-order valence-electron chi connectivity index (χ2n) is 13.0. The number of allylic oxidation sites excluding steroid dienone is 23. The summed E-state index contributed by atoms with van der Waals surface area (Å²) in [6, 6.07) is 2.47. The highest BCUT2D eigenvalue weighted by Crippen LogP contribution is 2.52. The molecule has 1 heteroatoms. The molecule has 0 heterocycles. The predicted molar refractivity (Wildman–Crippen MR) is 204 cm³/mol. The summed E-state index contributed by atoms with van der Waals surface area (Å²) in [5.41, 5.74) is 24.6. The Morgan fingerprint density at radius 3 is 2.51 bits per heavy atom. The molecule has 0 aliphatic heterocycles. The third kappa shape index (κ3) is 6.00. The summed E-state index contributed by atoms with van der Waals surface area (Å²) in [5.74, 6) is 0.602. The van der Waals surface area contributed by atoms with Gasteiger partial charge in [-0.2, -0.15) is 0 Å². The molecule has 1 aromatic rings. The fraction of sp³-hybridized carbons (Fsp3) is 0.261. The Morgan fingerprint density at radius 2 is 1.64 bits per heavy atom. The van der Waals surface area contributed by atoms with E-state index in [1.54, 1.807) is 5.57 Å². The quantitative estimate of drug-likeness (QED) is 0.359. The molecule has 8 rings (SSSR count). The first-order valence-corrected chi connectivity index (χ1v) is 17.9. The van der Waals surface area contributed by atoms with Crippen molar-refractivity contribution < 1.29 is 0 Å². The van der Waals surface area contributed by atoms with E-state index in [1.165, 1.54) is 61.3 Å². The van der Waals surface area contributed by atoms with E-state index in [0.717, 1.165) is 57.1 Å². The first-order valence-electron chi connectivity index (χ1n) is 17.9. The van der Waals surface area contributed by atoms with Gasteiger partial charge in [-0.3, -0.25) is 0 Å². The van der Waals surface area contributed by atoms with Crippen molar-refractivity contribution >= 4 is 23.8 Å². The van der Waals surface area contributed by atoms with E-state index in [-0.39, 0.29) is 5.92 Å². The Balaban J connectivity index is 0.00000172. The van der Waals surface area contributed by atoms with Gasteiger partial charge in [0.05, 0.1) is 0 Å². The average molecular weight is 614 g/mol. The van der Waals surface area contributed by atoms with Gasteiger partial charge in [0.15, 0.2) is 0 Å². The number of rotatable bonds is 4. The maximum atomic E-state index is 6.98. The van der Waals surface area contributed by atoms with Crippen LogP contribution in [0.5, 0.6) is 0 Å². The number of hydrogen-bond donors (Lipinski definition) is 1. The van der Waals surface area contributed by atoms with Crippen molar-refractivity contribution in [2.24, 2.45) is 17.6 Å². The largest absolute Gasteiger partial charge is 0.398 e. The van der Waals surface area contributed by atoms with Crippen molar-refractivity contribution in [3.8, 4) is 0 Å². The molecule has 47 heavy (non-hydrogen) atoms. The normalized spacial score (nSPS) is 24.6. The fourth-order valence-corrected chi connectivity index (χ4v) is 8.24. The minimum atomic E-state index is 0.278. The maximum Gasteiger partial charge on any atom is 0.0396 e. The molecule has 0 saturated heterocycles. The lowest BCUT2D eigenvalue weighted by molar-refractivity contribution is 0.546. The van der Waals surface area contributed by atoms with Gasteiger partial charge in [-0.1, -0.05) is 135 Å². The van der Waals surface area contributed by atoms with Crippen molar-refractivity contribution in [1.82, 2.24) is 0 Å². The van der Waals surface area contributed by atoms with Gasteiger partial charge in [0, 0.05) is 23.1 Å². The average Bonchev–Trinajstić information content (AvgIpc) is 3.40. The number of nitrogens with two attached hydrogens (primary N) is 1. The second kappa shape index (κ2) is 14.0. The molecule has 0 radical (unpaired) electrons. The van der Waals surface area contributed by atoms with Crippen molar-refractivity contribution in [3.05, 3.63) is 176 Å². The molecule has 2 atom stereocenters. The highest BCUT2D eigenvalue weighted by molar-refractivity contribution is 5.88. The molecule has 0 fully saturated rings. The van der Waals surface area contributed by atoms with Gasteiger partial charge in [0.1, 0.15) is 0 Å². The highest BCUT2D eigenvalue weighted by atomic mass is 14.6. The molecule has 1 aromatic carbocycles. The van der Waals surface area contributed by atoms with E-state index in [4.69, 9.17) is 5.73 Å². The van der Waals surface area contributed by atoms with Crippen LogP contribution >= 0.6 is 0 Å². The van der Waals surface area contributed by atoms with Crippen LogP contribution in [-0.2, 0) is 6.42 Å². The van der Waals surface area contributed by atoms with Crippen LogP contribution in [0, 0.1) is 11.8 Å². The van der Waals surface area contributed by atoms with E-state index in [9.17, 15) is 0 Å². The van der Waals surface area contributed by atoms with Gasteiger partial charge < -0.3 is 5.73 Å². The SMILES string of the molecule is CC.N/C(=C\C=C1\C=CC=CC1)C1=C2C=CC=CC2C(C2=CC(c3cc4c(c5c3C=CCC=C5)CCC=C4)=CCC2)C2=CCCC=C21. The Kier molecular flexibility index (Phi) is 9.25. The molecule has 0 aromatic heterocycles. The lowest BCUT2D eigenvalue weighted by Crippen LogP contribution is -2.30. The summed E-state index contributed by atoms with van der Waals surface area (Å²) in [4.78, 5) is 0. The Morgan fingerprint density at radius 1 is 0.787 bits per heavy atom. The van der Waals surface area contributed by atoms with Crippen LogP contribution in [0.15, 0.2) is 148 Å². The van der Waals surface area contributed by atoms with Crippen LogP contribution in [-0.4, -0.2) is 0 Å². The van der Waals surface area contributed by atoms with Crippen molar-refractivity contribution in [1.29, 1.82) is 0 Å². The van der Waals surface area contributed by atoms with Gasteiger partial charge in [-0.05, 0) is 119 Å². The molecule has 2 N–H and O–H groups in total. The molecular weight excluding hydrogens is 567 g/mol. The molecule has 0 spiro atoms. The van der Waals surface area contributed by atoms with Crippen molar-refractivity contribution in [2.75, 3.05) is 0 Å². The summed E-state index contributed by atoms with van der Waals surface area (Å²) in [6.45, 7) is 4.00. The van der Waals surface area contributed by atoms with Gasteiger partial charge in [-0.15, -0.1) is 0 Å². The smallest absolute Gasteiger partial charge is 0.0396 e. The number of fused-ring (bicyclic) bond motifs is 5. The van der Waals surface area contributed by atoms with E-state index < -0.39 is 0 Å². The molecule has 1 nitrogen and oxygen atoms in total. The summed E-state index contributed by atoms with van der Waals surface area (Å²) in [6.07, 6.45) is 54.7. The minimum absolute atomic E-state index is 0.278. The van der Waals surface area contributed by atoms with Crippen LogP contribution < -0.4 is 5.73 Å². The van der Waals surface area contributed by atoms with Crippen molar-refractivity contribution in [3.63, 3.8) is 0 Å². The summed E-state index contributed by atoms with van der Waals surface area (Å²) in [5, 5.41) is 0.